The molecule has 3 aromatic rings. The van der Waals surface area contributed by atoms with E-state index in [2.05, 4.69) is 9.97 Å². The number of fused-ring (bicyclic) bond motifs is 1. The van der Waals surface area contributed by atoms with Gasteiger partial charge < -0.3 is 10.1 Å². The maximum Gasteiger partial charge on any atom is 0.352 e. The molecule has 0 saturated heterocycles. The van der Waals surface area contributed by atoms with Crippen molar-refractivity contribution in [3.63, 3.8) is 0 Å². The Bertz CT molecular complexity index is 843. The molecule has 0 unspecified atom stereocenters. The maximum absolute atomic E-state index is 13.2. The molecule has 106 valence electrons. The molecule has 0 bridgehead atoms. The predicted octanol–water partition coefficient (Wildman–Crippen LogP) is 3.13. The number of pyridine rings is 1. The van der Waals surface area contributed by atoms with Gasteiger partial charge in [-0.25, -0.2) is 18.6 Å². The molecule has 0 aliphatic rings. The molecule has 2 N–H and O–H groups in total. The van der Waals surface area contributed by atoms with Gasteiger partial charge in [0.25, 0.3) is 0 Å². The van der Waals surface area contributed by atoms with Crippen LogP contribution in [0.1, 0.15) is 21.6 Å². The van der Waals surface area contributed by atoms with E-state index in [1.165, 1.54) is 12.1 Å². The number of nitrogens with one attached hydrogen (secondary N) is 1. The number of carboxylic acid groups (broad SMARTS) is 1. The minimum absolute atomic E-state index is 0.0578. The predicted molar refractivity (Wildman–Crippen MR) is 72.2 cm³/mol. The van der Waals surface area contributed by atoms with Gasteiger partial charge in [0.15, 0.2) is 11.6 Å². The van der Waals surface area contributed by atoms with Crippen molar-refractivity contribution >= 4 is 17.0 Å². The van der Waals surface area contributed by atoms with Crippen LogP contribution in [0, 0.1) is 11.6 Å². The molecule has 0 fully saturated rings. The number of rotatable bonds is 3. The number of H-pyrrole nitrogens is 1. The van der Waals surface area contributed by atoms with E-state index in [4.69, 9.17) is 5.11 Å². The molecule has 1 aromatic carbocycles. The average molecular weight is 288 g/mol. The van der Waals surface area contributed by atoms with Gasteiger partial charge >= 0.3 is 5.97 Å². The Labute approximate surface area is 118 Å². The molecular formula is C15H10F2N2O2. The number of aromatic amines is 1. The van der Waals surface area contributed by atoms with Crippen molar-refractivity contribution in [1.29, 1.82) is 0 Å². The molecule has 0 amide bonds. The van der Waals surface area contributed by atoms with Gasteiger partial charge in [0.05, 0.1) is 0 Å². The molecule has 3 rings (SSSR count). The normalized spacial score (nSPS) is 11.0. The zero-order valence-corrected chi connectivity index (χ0v) is 10.7. The zero-order valence-electron chi connectivity index (χ0n) is 10.7. The Morgan fingerprint density at radius 3 is 2.67 bits per heavy atom. The minimum atomic E-state index is -1.06. The topological polar surface area (TPSA) is 66.0 Å². The van der Waals surface area contributed by atoms with Crippen molar-refractivity contribution in [3.8, 4) is 0 Å². The fraction of sp³-hybridized carbons (Fsp3) is 0.0667. The molecule has 0 spiro atoms. The quantitative estimate of drug-likeness (QED) is 0.778. The smallest absolute Gasteiger partial charge is 0.352 e. The summed E-state index contributed by atoms with van der Waals surface area (Å²) < 4.78 is 26.0. The second-order valence-electron chi connectivity index (χ2n) is 4.69. The van der Waals surface area contributed by atoms with Crippen LogP contribution in [-0.2, 0) is 6.42 Å². The van der Waals surface area contributed by atoms with E-state index in [1.807, 2.05) is 0 Å². The summed E-state index contributed by atoms with van der Waals surface area (Å²) in [7, 11) is 0. The van der Waals surface area contributed by atoms with Gasteiger partial charge in [0.2, 0.25) is 0 Å². The largest absolute Gasteiger partial charge is 0.477 e. The number of halogens is 2. The summed E-state index contributed by atoms with van der Waals surface area (Å²) in [6.45, 7) is 0. The molecule has 0 aliphatic carbocycles. The van der Waals surface area contributed by atoms with E-state index in [1.54, 1.807) is 12.3 Å². The number of aromatic carboxylic acids is 1. The third kappa shape index (κ3) is 2.60. The van der Waals surface area contributed by atoms with Gasteiger partial charge in [0.1, 0.15) is 11.3 Å². The SMILES string of the molecule is O=C(O)c1cc2cc(Cc3ccc(F)c(F)c3)cnc2[nH]1. The first-order chi connectivity index (χ1) is 10.0. The summed E-state index contributed by atoms with van der Waals surface area (Å²) >= 11 is 0. The number of hydrogen-bond donors (Lipinski definition) is 2. The highest BCUT2D eigenvalue weighted by Gasteiger charge is 2.09. The number of carboxylic acids is 1. The van der Waals surface area contributed by atoms with Crippen LogP contribution in [0.4, 0.5) is 8.78 Å². The molecule has 0 radical (unpaired) electrons. The lowest BCUT2D eigenvalue weighted by atomic mass is 10.1. The second kappa shape index (κ2) is 4.97. The second-order valence-corrected chi connectivity index (χ2v) is 4.69. The van der Waals surface area contributed by atoms with Gasteiger partial charge in [-0.1, -0.05) is 6.07 Å². The van der Waals surface area contributed by atoms with Crippen LogP contribution in [0.25, 0.3) is 11.0 Å². The molecule has 2 heterocycles. The molecule has 0 aliphatic heterocycles. The van der Waals surface area contributed by atoms with E-state index in [0.29, 0.717) is 23.0 Å². The van der Waals surface area contributed by atoms with Gasteiger partial charge in [-0.3, -0.25) is 0 Å². The van der Waals surface area contributed by atoms with Crippen LogP contribution >= 0.6 is 0 Å². The Balaban J connectivity index is 1.93. The Morgan fingerprint density at radius 1 is 1.14 bits per heavy atom. The van der Waals surface area contributed by atoms with E-state index in [-0.39, 0.29) is 5.69 Å². The van der Waals surface area contributed by atoms with E-state index >= 15 is 0 Å². The summed E-state index contributed by atoms with van der Waals surface area (Å²) in [4.78, 5) is 17.7. The van der Waals surface area contributed by atoms with Crippen LogP contribution in [0.15, 0.2) is 36.5 Å². The minimum Gasteiger partial charge on any atom is -0.477 e. The van der Waals surface area contributed by atoms with Crippen LogP contribution in [0.5, 0.6) is 0 Å². The van der Waals surface area contributed by atoms with Crippen molar-refractivity contribution in [2.45, 2.75) is 6.42 Å². The van der Waals surface area contributed by atoms with Crippen LogP contribution < -0.4 is 0 Å². The molecule has 6 heteroatoms. The average Bonchev–Trinajstić information content (AvgIpc) is 2.86. The maximum atomic E-state index is 13.2. The van der Waals surface area contributed by atoms with Gasteiger partial charge in [-0.05, 0) is 41.8 Å². The van der Waals surface area contributed by atoms with Gasteiger partial charge in [-0.15, -0.1) is 0 Å². The van der Waals surface area contributed by atoms with Crippen molar-refractivity contribution in [1.82, 2.24) is 9.97 Å². The molecule has 0 saturated carbocycles. The first-order valence-electron chi connectivity index (χ1n) is 6.18. The number of aromatic nitrogens is 2. The van der Waals surface area contributed by atoms with Crippen molar-refractivity contribution in [3.05, 3.63) is 65.0 Å². The Kier molecular flexibility index (Phi) is 3.13. The van der Waals surface area contributed by atoms with Gasteiger partial charge in [0, 0.05) is 11.6 Å². The van der Waals surface area contributed by atoms with E-state index in [0.717, 1.165) is 17.7 Å². The van der Waals surface area contributed by atoms with Gasteiger partial charge in [-0.2, -0.15) is 0 Å². The molecule has 0 atom stereocenters. The van der Waals surface area contributed by atoms with Crippen LogP contribution in [0.3, 0.4) is 0 Å². The fourth-order valence-corrected chi connectivity index (χ4v) is 2.16. The number of benzene rings is 1. The van der Waals surface area contributed by atoms with Crippen molar-refractivity contribution < 1.29 is 18.7 Å². The number of hydrogen-bond acceptors (Lipinski definition) is 2. The Morgan fingerprint density at radius 2 is 1.95 bits per heavy atom. The summed E-state index contributed by atoms with van der Waals surface area (Å²) in [6.07, 6.45) is 1.96. The molecular weight excluding hydrogens is 278 g/mol. The lowest BCUT2D eigenvalue weighted by Gasteiger charge is -2.02. The van der Waals surface area contributed by atoms with Crippen LogP contribution in [0.2, 0.25) is 0 Å². The van der Waals surface area contributed by atoms with Crippen molar-refractivity contribution in [2.75, 3.05) is 0 Å². The lowest BCUT2D eigenvalue weighted by molar-refractivity contribution is 0.0691. The third-order valence-electron chi connectivity index (χ3n) is 3.15. The standard InChI is InChI=1S/C15H10F2N2O2/c16-11-2-1-8(5-12(11)17)3-9-4-10-6-13(15(20)21)19-14(10)18-7-9/h1-2,4-7H,3H2,(H,18,19)(H,20,21). The summed E-state index contributed by atoms with van der Waals surface area (Å²) in [5, 5.41) is 9.57. The number of nitrogens with zero attached hydrogens (tertiary/aromatic N) is 1. The first kappa shape index (κ1) is 13.2. The summed E-state index contributed by atoms with van der Waals surface area (Å²) in [6, 6.07) is 6.98. The summed E-state index contributed by atoms with van der Waals surface area (Å²) in [5.41, 5.74) is 1.93. The molecule has 2 aromatic heterocycles. The monoisotopic (exact) mass is 288 g/mol. The highest BCUT2D eigenvalue weighted by atomic mass is 19.2. The fourth-order valence-electron chi connectivity index (χ4n) is 2.16. The highest BCUT2D eigenvalue weighted by molar-refractivity contribution is 5.92. The summed E-state index contributed by atoms with van der Waals surface area (Å²) in [5.74, 6) is -2.84. The molecule has 21 heavy (non-hydrogen) atoms. The van der Waals surface area contributed by atoms with E-state index < -0.39 is 17.6 Å². The third-order valence-corrected chi connectivity index (χ3v) is 3.15. The van der Waals surface area contributed by atoms with E-state index in [9.17, 15) is 13.6 Å². The first-order valence-corrected chi connectivity index (χ1v) is 6.18. The lowest BCUT2D eigenvalue weighted by Crippen LogP contribution is -1.95. The highest BCUT2D eigenvalue weighted by Crippen LogP contribution is 2.18. The number of carbonyl (C=O) groups is 1. The Hall–Kier alpha value is -2.76. The zero-order chi connectivity index (χ0) is 15.0. The van der Waals surface area contributed by atoms with Crippen LogP contribution in [-0.4, -0.2) is 21.0 Å². The molecule has 4 nitrogen and oxygen atoms in total. The van der Waals surface area contributed by atoms with Crippen molar-refractivity contribution in [2.24, 2.45) is 0 Å².